The predicted octanol–water partition coefficient (Wildman–Crippen LogP) is 2.90. The molecule has 0 radical (unpaired) electrons. The van der Waals surface area contributed by atoms with Gasteiger partial charge < -0.3 is 19.8 Å². The Morgan fingerprint density at radius 2 is 1.72 bits per heavy atom. The highest BCUT2D eigenvalue weighted by molar-refractivity contribution is 6.46. The molecule has 1 aliphatic rings. The molecule has 0 aromatic heterocycles. The van der Waals surface area contributed by atoms with Crippen molar-refractivity contribution in [3.8, 4) is 5.75 Å². The number of aliphatic hydroxyl groups is 1. The molecule has 0 unspecified atom stereocenters. The van der Waals surface area contributed by atoms with Crippen molar-refractivity contribution in [1.82, 2.24) is 4.90 Å². The van der Waals surface area contributed by atoms with E-state index in [1.165, 1.54) is 12.0 Å². The van der Waals surface area contributed by atoms with Crippen molar-refractivity contribution in [2.75, 3.05) is 13.7 Å². The summed E-state index contributed by atoms with van der Waals surface area (Å²) in [5.74, 6) is -2.68. The molecule has 0 spiro atoms. The van der Waals surface area contributed by atoms with Gasteiger partial charge in [0.1, 0.15) is 11.5 Å². The highest BCUT2D eigenvalue weighted by atomic mass is 16.5. The van der Waals surface area contributed by atoms with Gasteiger partial charge in [0, 0.05) is 17.7 Å². The van der Waals surface area contributed by atoms with E-state index in [2.05, 4.69) is 0 Å². The highest BCUT2D eigenvalue weighted by Gasteiger charge is 2.46. The lowest BCUT2D eigenvalue weighted by atomic mass is 9.94. The van der Waals surface area contributed by atoms with Crippen molar-refractivity contribution >= 4 is 23.4 Å². The highest BCUT2D eigenvalue weighted by Crippen LogP contribution is 2.42. The Kier molecular flexibility index (Phi) is 5.68. The lowest BCUT2D eigenvalue weighted by Crippen LogP contribution is -2.32. The fourth-order valence-corrected chi connectivity index (χ4v) is 3.41. The van der Waals surface area contributed by atoms with E-state index in [0.29, 0.717) is 16.9 Å². The summed E-state index contributed by atoms with van der Waals surface area (Å²) in [6.07, 6.45) is -0.330. The fourth-order valence-electron chi connectivity index (χ4n) is 3.41. The van der Waals surface area contributed by atoms with Crippen LogP contribution in [-0.4, -0.2) is 46.4 Å². The van der Waals surface area contributed by atoms with Crippen molar-refractivity contribution in [2.24, 2.45) is 0 Å². The maximum Gasteiger partial charge on any atom is 0.305 e. The number of methoxy groups -OCH3 is 1. The first-order valence-corrected chi connectivity index (χ1v) is 9.05. The topological polar surface area (TPSA) is 104 Å². The zero-order valence-electron chi connectivity index (χ0n) is 16.1. The lowest BCUT2D eigenvalue weighted by molar-refractivity contribution is -0.142. The Balaban J connectivity index is 2.20. The molecule has 7 heteroatoms. The third-order valence-corrected chi connectivity index (χ3v) is 4.87. The monoisotopic (exact) mass is 395 g/mol. The standard InChI is InChI=1S/C22H21NO6/c1-13-7-9-14(10-8-13)20(26)18-19(15-5-3-4-6-16(15)29-2)23(12-11-17(24)25)22(28)21(18)27/h3-10,19,26H,11-12H2,1-2H3,(H,24,25)/t19-/m0/s1. The van der Waals surface area contributed by atoms with Gasteiger partial charge in [-0.15, -0.1) is 0 Å². The first-order chi connectivity index (χ1) is 13.8. The van der Waals surface area contributed by atoms with Crippen LogP contribution in [0.2, 0.25) is 0 Å². The molecule has 2 aromatic rings. The number of ketones is 1. The number of aliphatic hydroxyl groups excluding tert-OH is 1. The number of para-hydroxylation sites is 1. The van der Waals surface area contributed by atoms with Crippen LogP contribution in [0.3, 0.4) is 0 Å². The number of aliphatic carboxylic acids is 1. The Morgan fingerprint density at radius 3 is 2.34 bits per heavy atom. The number of carboxylic acid groups (broad SMARTS) is 1. The van der Waals surface area contributed by atoms with E-state index in [1.807, 2.05) is 6.92 Å². The van der Waals surface area contributed by atoms with E-state index >= 15 is 0 Å². The van der Waals surface area contributed by atoms with Gasteiger partial charge >= 0.3 is 5.97 Å². The van der Waals surface area contributed by atoms with Crippen LogP contribution in [0.25, 0.3) is 5.76 Å². The number of benzene rings is 2. The molecule has 1 aliphatic heterocycles. The van der Waals surface area contributed by atoms with Crippen LogP contribution in [0, 0.1) is 6.92 Å². The van der Waals surface area contributed by atoms with E-state index in [9.17, 15) is 19.5 Å². The number of aryl methyl sites for hydroxylation is 1. The van der Waals surface area contributed by atoms with Gasteiger partial charge in [-0.05, 0) is 13.0 Å². The zero-order chi connectivity index (χ0) is 21.1. The molecule has 1 fully saturated rings. The van der Waals surface area contributed by atoms with E-state index in [0.717, 1.165) is 5.56 Å². The summed E-state index contributed by atoms with van der Waals surface area (Å²) in [6, 6.07) is 12.8. The van der Waals surface area contributed by atoms with Crippen molar-refractivity contribution in [1.29, 1.82) is 0 Å². The fraction of sp³-hybridized carbons (Fsp3) is 0.227. The Bertz CT molecular complexity index is 993. The molecule has 1 amide bonds. The van der Waals surface area contributed by atoms with Gasteiger partial charge in [-0.1, -0.05) is 48.0 Å². The molecule has 0 aliphatic carbocycles. The number of hydrogen-bond donors (Lipinski definition) is 2. The number of hydrogen-bond acceptors (Lipinski definition) is 5. The number of amides is 1. The van der Waals surface area contributed by atoms with Crippen LogP contribution in [-0.2, 0) is 14.4 Å². The van der Waals surface area contributed by atoms with E-state index in [-0.39, 0.29) is 24.3 Å². The number of nitrogens with zero attached hydrogens (tertiary/aromatic N) is 1. The van der Waals surface area contributed by atoms with Crippen LogP contribution in [0.4, 0.5) is 0 Å². The molecule has 150 valence electrons. The van der Waals surface area contributed by atoms with E-state index in [4.69, 9.17) is 9.84 Å². The third-order valence-electron chi connectivity index (χ3n) is 4.87. The molecular weight excluding hydrogens is 374 g/mol. The molecular formula is C22H21NO6. The van der Waals surface area contributed by atoms with Crippen molar-refractivity contribution in [3.63, 3.8) is 0 Å². The van der Waals surface area contributed by atoms with Gasteiger partial charge in [-0.2, -0.15) is 0 Å². The number of Topliss-reactive ketones (excluding diaryl/α,β-unsaturated/α-hetero) is 1. The number of carbonyl (C=O) groups is 3. The van der Waals surface area contributed by atoms with Gasteiger partial charge in [-0.25, -0.2) is 0 Å². The molecule has 1 saturated heterocycles. The van der Waals surface area contributed by atoms with Crippen LogP contribution in [0.15, 0.2) is 54.1 Å². The average Bonchev–Trinajstić information content (AvgIpc) is 2.96. The largest absolute Gasteiger partial charge is 0.507 e. The molecule has 1 atom stereocenters. The van der Waals surface area contributed by atoms with E-state index < -0.39 is 23.7 Å². The second-order valence-corrected chi connectivity index (χ2v) is 6.74. The van der Waals surface area contributed by atoms with Crippen molar-refractivity contribution < 1.29 is 29.3 Å². The summed E-state index contributed by atoms with van der Waals surface area (Å²) >= 11 is 0. The molecule has 0 saturated carbocycles. The van der Waals surface area contributed by atoms with Crippen LogP contribution in [0.5, 0.6) is 5.75 Å². The minimum Gasteiger partial charge on any atom is -0.507 e. The molecule has 7 nitrogen and oxygen atoms in total. The minimum atomic E-state index is -1.09. The van der Waals surface area contributed by atoms with Gasteiger partial charge in [-0.3, -0.25) is 14.4 Å². The Hall–Kier alpha value is -3.61. The zero-order valence-corrected chi connectivity index (χ0v) is 16.1. The quantitative estimate of drug-likeness (QED) is 0.443. The first-order valence-electron chi connectivity index (χ1n) is 9.05. The second-order valence-electron chi connectivity index (χ2n) is 6.74. The first kappa shape index (κ1) is 20.1. The number of carbonyl (C=O) groups excluding carboxylic acids is 2. The number of rotatable bonds is 6. The predicted molar refractivity (Wildman–Crippen MR) is 105 cm³/mol. The number of likely N-dealkylation sites (tertiary alicyclic amines) is 1. The summed E-state index contributed by atoms with van der Waals surface area (Å²) in [5, 5.41) is 20.0. The summed E-state index contributed by atoms with van der Waals surface area (Å²) in [7, 11) is 1.46. The normalized spacial score (nSPS) is 18.1. The Labute approximate surface area is 167 Å². The summed E-state index contributed by atoms with van der Waals surface area (Å²) in [4.78, 5) is 37.8. The summed E-state index contributed by atoms with van der Waals surface area (Å²) < 4.78 is 5.38. The second kappa shape index (κ2) is 8.18. The summed E-state index contributed by atoms with van der Waals surface area (Å²) in [5.41, 5.74) is 1.78. The molecule has 2 aromatic carbocycles. The molecule has 3 rings (SSSR count). The van der Waals surface area contributed by atoms with Crippen LogP contribution < -0.4 is 4.74 Å². The number of ether oxygens (including phenoxy) is 1. The van der Waals surface area contributed by atoms with Gasteiger partial charge in [0.2, 0.25) is 0 Å². The number of carboxylic acids is 1. The van der Waals surface area contributed by atoms with Crippen molar-refractivity contribution in [2.45, 2.75) is 19.4 Å². The smallest absolute Gasteiger partial charge is 0.305 e. The van der Waals surface area contributed by atoms with Crippen LogP contribution in [0.1, 0.15) is 29.2 Å². The van der Waals surface area contributed by atoms with Gasteiger partial charge in [0.25, 0.3) is 11.7 Å². The summed E-state index contributed by atoms with van der Waals surface area (Å²) in [6.45, 7) is 1.72. The minimum absolute atomic E-state index is 0.0891. The third kappa shape index (κ3) is 3.85. The van der Waals surface area contributed by atoms with Gasteiger partial charge in [0.05, 0.1) is 25.1 Å². The molecule has 1 heterocycles. The SMILES string of the molecule is COc1ccccc1[C@H]1C(=C(O)c2ccc(C)cc2)C(=O)C(=O)N1CCC(=O)O. The maximum atomic E-state index is 12.8. The molecule has 2 N–H and O–H groups in total. The average molecular weight is 395 g/mol. The van der Waals surface area contributed by atoms with Crippen molar-refractivity contribution in [3.05, 3.63) is 70.8 Å². The van der Waals surface area contributed by atoms with Crippen LogP contribution >= 0.6 is 0 Å². The lowest BCUT2D eigenvalue weighted by Gasteiger charge is -2.26. The maximum absolute atomic E-state index is 12.8. The Morgan fingerprint density at radius 1 is 1.07 bits per heavy atom. The molecule has 0 bridgehead atoms. The van der Waals surface area contributed by atoms with Gasteiger partial charge in [0.15, 0.2) is 0 Å². The molecule has 29 heavy (non-hydrogen) atoms. The van der Waals surface area contributed by atoms with E-state index in [1.54, 1.807) is 48.5 Å².